The van der Waals surface area contributed by atoms with E-state index in [1.54, 1.807) is 0 Å². The van der Waals surface area contributed by atoms with Crippen LogP contribution in [0.25, 0.3) is 0 Å². The smallest absolute Gasteiger partial charge is 0.0511 e. The number of nitrogens with zero attached hydrogens (tertiary/aromatic N) is 1. The molecule has 0 radical (unpaired) electrons. The zero-order valence-electron chi connectivity index (χ0n) is 10.7. The summed E-state index contributed by atoms with van der Waals surface area (Å²) in [6.07, 6.45) is 5.67. The van der Waals surface area contributed by atoms with Gasteiger partial charge in [-0.3, -0.25) is 0 Å². The molecular weight excluding hydrogens is 288 g/mol. The van der Waals surface area contributed by atoms with Crippen molar-refractivity contribution in [2.24, 2.45) is 17.6 Å². The number of anilines is 1. The van der Waals surface area contributed by atoms with Gasteiger partial charge in [-0.2, -0.15) is 0 Å². The molecule has 0 unspecified atom stereocenters. The van der Waals surface area contributed by atoms with Crippen molar-refractivity contribution in [1.29, 1.82) is 0 Å². The van der Waals surface area contributed by atoms with Gasteiger partial charge < -0.3 is 10.6 Å². The zero-order valence-corrected chi connectivity index (χ0v) is 12.3. The van der Waals surface area contributed by atoms with Crippen LogP contribution >= 0.6 is 15.9 Å². The fraction of sp³-hybridized carbons (Fsp3) is 0.600. The first-order chi connectivity index (χ1) is 8.76. The van der Waals surface area contributed by atoms with Crippen LogP contribution in [0.2, 0.25) is 0 Å². The van der Waals surface area contributed by atoms with Gasteiger partial charge in [-0.25, -0.2) is 0 Å². The van der Waals surface area contributed by atoms with Gasteiger partial charge >= 0.3 is 0 Å². The third-order valence-electron chi connectivity index (χ3n) is 3.94. The van der Waals surface area contributed by atoms with Crippen molar-refractivity contribution in [3.63, 3.8) is 0 Å². The van der Waals surface area contributed by atoms with Crippen LogP contribution in [0.15, 0.2) is 22.7 Å². The largest absolute Gasteiger partial charge is 0.370 e. The molecule has 0 amide bonds. The Morgan fingerprint density at radius 3 is 2.17 bits per heavy atom. The lowest BCUT2D eigenvalue weighted by Crippen LogP contribution is -2.28. The van der Waals surface area contributed by atoms with Gasteiger partial charge in [-0.15, -0.1) is 0 Å². The summed E-state index contributed by atoms with van der Waals surface area (Å²) in [6, 6.07) is 6.56. The Hall–Kier alpha value is -0.540. The summed E-state index contributed by atoms with van der Waals surface area (Å²) in [6.45, 7) is 3.08. The summed E-state index contributed by atoms with van der Waals surface area (Å²) in [7, 11) is 0. The lowest BCUT2D eigenvalue weighted by molar-refractivity contribution is 0.678. The number of benzene rings is 1. The minimum atomic E-state index is 0.615. The summed E-state index contributed by atoms with van der Waals surface area (Å²) in [4.78, 5) is 2.58. The number of rotatable bonds is 6. The van der Waals surface area contributed by atoms with E-state index in [0.29, 0.717) is 6.54 Å². The molecule has 2 saturated carbocycles. The minimum absolute atomic E-state index is 0.615. The van der Waals surface area contributed by atoms with E-state index in [2.05, 4.69) is 39.0 Å². The zero-order chi connectivity index (χ0) is 12.5. The second-order valence-electron chi connectivity index (χ2n) is 5.78. The molecule has 98 valence electrons. The molecule has 2 fully saturated rings. The summed E-state index contributed by atoms with van der Waals surface area (Å²) < 4.78 is 1.20. The van der Waals surface area contributed by atoms with E-state index in [0.717, 1.165) is 11.8 Å². The number of halogens is 1. The normalized spacial score (nSPS) is 19.0. The molecular formula is C15H21BrN2. The maximum absolute atomic E-state index is 5.69. The average molecular weight is 309 g/mol. The van der Waals surface area contributed by atoms with Gasteiger partial charge in [0.25, 0.3) is 0 Å². The summed E-state index contributed by atoms with van der Waals surface area (Å²) in [5, 5.41) is 0. The number of hydrogen-bond acceptors (Lipinski definition) is 2. The molecule has 0 heterocycles. The van der Waals surface area contributed by atoms with Crippen molar-refractivity contribution < 1.29 is 0 Å². The first kappa shape index (κ1) is 12.5. The maximum atomic E-state index is 5.69. The third-order valence-corrected chi connectivity index (χ3v) is 4.57. The highest BCUT2D eigenvalue weighted by Crippen LogP contribution is 2.38. The molecule has 0 aliphatic heterocycles. The molecule has 3 rings (SSSR count). The highest BCUT2D eigenvalue weighted by molar-refractivity contribution is 9.10. The van der Waals surface area contributed by atoms with Crippen LogP contribution in [0, 0.1) is 11.8 Å². The van der Waals surface area contributed by atoms with Crippen LogP contribution in [0.1, 0.15) is 31.2 Å². The Bertz CT molecular complexity index is 411. The average Bonchev–Trinajstić information content (AvgIpc) is 3.23. The van der Waals surface area contributed by atoms with Crippen LogP contribution in [0.3, 0.4) is 0 Å². The van der Waals surface area contributed by atoms with E-state index >= 15 is 0 Å². The Morgan fingerprint density at radius 1 is 1.11 bits per heavy atom. The first-order valence-corrected chi connectivity index (χ1v) is 7.79. The fourth-order valence-corrected chi connectivity index (χ4v) is 3.11. The van der Waals surface area contributed by atoms with Gasteiger partial charge in [-0.1, -0.05) is 6.07 Å². The number of hydrogen-bond donors (Lipinski definition) is 1. The molecule has 0 bridgehead atoms. The Morgan fingerprint density at radius 2 is 1.72 bits per heavy atom. The molecule has 0 atom stereocenters. The van der Waals surface area contributed by atoms with Crippen molar-refractivity contribution in [2.75, 3.05) is 18.0 Å². The second-order valence-corrected chi connectivity index (χ2v) is 6.64. The van der Waals surface area contributed by atoms with E-state index in [9.17, 15) is 0 Å². The van der Waals surface area contributed by atoms with Gasteiger partial charge in [0.15, 0.2) is 0 Å². The first-order valence-electron chi connectivity index (χ1n) is 6.99. The van der Waals surface area contributed by atoms with Gasteiger partial charge in [0.1, 0.15) is 0 Å². The molecule has 1 aromatic carbocycles. The standard InChI is InChI=1S/C15H21BrN2/c16-14-7-13(8-17)5-6-15(14)18(9-11-1-2-11)10-12-3-4-12/h5-7,11-12H,1-4,8-10,17H2. The molecule has 1 aromatic rings. The minimum Gasteiger partial charge on any atom is -0.370 e. The van der Waals surface area contributed by atoms with Crippen LogP contribution in [0.5, 0.6) is 0 Å². The maximum Gasteiger partial charge on any atom is 0.0511 e. The predicted molar refractivity (Wildman–Crippen MR) is 79.7 cm³/mol. The molecule has 0 spiro atoms. The summed E-state index contributed by atoms with van der Waals surface area (Å²) in [5.74, 6) is 1.87. The molecule has 2 aliphatic rings. The lowest BCUT2D eigenvalue weighted by atomic mass is 10.2. The van der Waals surface area contributed by atoms with Crippen molar-refractivity contribution >= 4 is 21.6 Å². The van der Waals surface area contributed by atoms with Crippen molar-refractivity contribution in [3.8, 4) is 0 Å². The Balaban J connectivity index is 1.77. The highest BCUT2D eigenvalue weighted by Gasteiger charge is 2.29. The number of nitrogens with two attached hydrogens (primary N) is 1. The summed E-state index contributed by atoms with van der Waals surface area (Å²) >= 11 is 3.71. The third kappa shape index (κ3) is 3.07. The van der Waals surface area contributed by atoms with Crippen molar-refractivity contribution in [1.82, 2.24) is 0 Å². The fourth-order valence-electron chi connectivity index (χ4n) is 2.43. The van der Waals surface area contributed by atoms with Gasteiger partial charge in [-0.05, 0) is 71.1 Å². The molecule has 18 heavy (non-hydrogen) atoms. The Kier molecular flexibility index (Phi) is 3.62. The van der Waals surface area contributed by atoms with Crippen LogP contribution in [0.4, 0.5) is 5.69 Å². The molecule has 2 nitrogen and oxygen atoms in total. The highest BCUT2D eigenvalue weighted by atomic mass is 79.9. The molecule has 0 saturated heterocycles. The Labute approximate surface area is 118 Å². The van der Waals surface area contributed by atoms with Gasteiger partial charge in [0.2, 0.25) is 0 Å². The van der Waals surface area contributed by atoms with E-state index in [1.807, 2.05) is 0 Å². The van der Waals surface area contributed by atoms with Gasteiger partial charge in [0, 0.05) is 24.1 Å². The quantitative estimate of drug-likeness (QED) is 0.871. The lowest BCUT2D eigenvalue weighted by Gasteiger charge is -2.26. The second kappa shape index (κ2) is 5.22. The van der Waals surface area contributed by atoms with Gasteiger partial charge in [0.05, 0.1) is 5.69 Å². The molecule has 3 heteroatoms. The van der Waals surface area contributed by atoms with E-state index in [4.69, 9.17) is 5.73 Å². The van der Waals surface area contributed by atoms with Crippen LogP contribution < -0.4 is 10.6 Å². The molecule has 0 aromatic heterocycles. The topological polar surface area (TPSA) is 29.3 Å². The van der Waals surface area contributed by atoms with Crippen molar-refractivity contribution in [2.45, 2.75) is 32.2 Å². The molecule has 2 aliphatic carbocycles. The SMILES string of the molecule is NCc1ccc(N(CC2CC2)CC2CC2)c(Br)c1. The van der Waals surface area contributed by atoms with Crippen LogP contribution in [-0.2, 0) is 6.54 Å². The van der Waals surface area contributed by atoms with E-state index in [1.165, 1.54) is 54.5 Å². The van der Waals surface area contributed by atoms with E-state index in [-0.39, 0.29) is 0 Å². The molecule has 2 N–H and O–H groups in total. The summed E-state index contributed by atoms with van der Waals surface area (Å²) in [5.41, 5.74) is 8.24. The van der Waals surface area contributed by atoms with E-state index < -0.39 is 0 Å². The van der Waals surface area contributed by atoms with Crippen LogP contribution in [-0.4, -0.2) is 13.1 Å². The van der Waals surface area contributed by atoms with Crippen molar-refractivity contribution in [3.05, 3.63) is 28.2 Å². The predicted octanol–water partition coefficient (Wildman–Crippen LogP) is 3.53. The monoisotopic (exact) mass is 308 g/mol.